The Morgan fingerprint density at radius 1 is 1.56 bits per heavy atom. The van der Waals surface area contributed by atoms with Gasteiger partial charge in [0.1, 0.15) is 4.21 Å². The van der Waals surface area contributed by atoms with Crippen molar-refractivity contribution < 1.29 is 17.9 Å². The largest absolute Gasteiger partial charge is 0.385 e. The average Bonchev–Trinajstić information content (AvgIpc) is 2.66. The summed E-state index contributed by atoms with van der Waals surface area (Å²) in [5, 5.41) is 9.24. The Hall–Kier alpha value is -0.960. The van der Waals surface area contributed by atoms with E-state index in [0.29, 0.717) is 30.7 Å². The van der Waals surface area contributed by atoms with Crippen LogP contribution >= 0.6 is 11.3 Å². The van der Waals surface area contributed by atoms with Gasteiger partial charge in [0.2, 0.25) is 10.0 Å². The lowest BCUT2D eigenvalue weighted by Crippen LogP contribution is -2.25. The molecule has 0 bridgehead atoms. The van der Waals surface area contributed by atoms with Crippen molar-refractivity contribution in [1.82, 2.24) is 5.32 Å². The highest BCUT2D eigenvalue weighted by atomic mass is 32.2. The van der Waals surface area contributed by atoms with Gasteiger partial charge in [-0.2, -0.15) is 0 Å². The van der Waals surface area contributed by atoms with Crippen LogP contribution < -0.4 is 10.5 Å². The number of nitrogens with two attached hydrogens (primary N) is 1. The molecule has 0 saturated carbocycles. The fourth-order valence-corrected chi connectivity index (χ4v) is 3.43. The Balaban J connectivity index is 2.73. The number of thiophene rings is 1. The molecule has 0 aliphatic carbocycles. The number of sulfonamides is 1. The van der Waals surface area contributed by atoms with Crippen molar-refractivity contribution in [2.24, 2.45) is 5.14 Å². The monoisotopic (exact) mass is 292 g/mol. The highest BCUT2D eigenvalue weighted by Crippen LogP contribution is 2.25. The highest BCUT2D eigenvalue weighted by Gasteiger charge is 2.20. The van der Waals surface area contributed by atoms with E-state index in [1.165, 1.54) is 5.38 Å². The molecule has 0 spiro atoms. The first-order chi connectivity index (χ1) is 8.38. The second kappa shape index (κ2) is 6.28. The maximum atomic E-state index is 11.8. The minimum Gasteiger partial charge on any atom is -0.385 e. The molecular weight excluding hydrogens is 276 g/mol. The summed E-state index contributed by atoms with van der Waals surface area (Å²) in [4.78, 5) is 11.8. The van der Waals surface area contributed by atoms with Crippen molar-refractivity contribution in [1.29, 1.82) is 0 Å². The lowest BCUT2D eigenvalue weighted by Gasteiger charge is -2.04. The fraction of sp³-hybridized carbons (Fsp3) is 0.500. The summed E-state index contributed by atoms with van der Waals surface area (Å²) in [5.74, 6) is -0.297. The number of carbonyl (C=O) groups excluding carboxylic acids is 1. The zero-order chi connectivity index (χ0) is 13.8. The van der Waals surface area contributed by atoms with E-state index in [-0.39, 0.29) is 10.1 Å². The quantitative estimate of drug-likeness (QED) is 0.745. The van der Waals surface area contributed by atoms with Gasteiger partial charge in [-0.15, -0.1) is 11.3 Å². The molecule has 0 radical (unpaired) electrons. The topological polar surface area (TPSA) is 98.5 Å². The number of nitrogens with one attached hydrogen (secondary N) is 1. The van der Waals surface area contributed by atoms with Crippen molar-refractivity contribution >= 4 is 27.3 Å². The Kier molecular flexibility index (Phi) is 5.27. The third-order valence-corrected chi connectivity index (χ3v) is 4.99. The van der Waals surface area contributed by atoms with Crippen LogP contribution in [0, 0.1) is 6.92 Å². The van der Waals surface area contributed by atoms with Gasteiger partial charge in [-0.3, -0.25) is 4.79 Å². The first kappa shape index (κ1) is 15.1. The van der Waals surface area contributed by atoms with E-state index in [4.69, 9.17) is 9.88 Å². The molecule has 3 N–H and O–H groups in total. The van der Waals surface area contributed by atoms with Gasteiger partial charge >= 0.3 is 0 Å². The number of ether oxygens (including phenoxy) is 1. The molecular formula is C10H16N2O4S2. The van der Waals surface area contributed by atoms with Crippen molar-refractivity contribution in [2.75, 3.05) is 20.3 Å². The molecule has 8 heteroatoms. The zero-order valence-electron chi connectivity index (χ0n) is 10.2. The first-order valence-electron chi connectivity index (χ1n) is 5.26. The number of methoxy groups -OCH3 is 1. The predicted molar refractivity (Wildman–Crippen MR) is 69.3 cm³/mol. The predicted octanol–water partition coefficient (Wildman–Crippen LogP) is 0.470. The summed E-state index contributed by atoms with van der Waals surface area (Å²) >= 11 is 0.957. The van der Waals surface area contributed by atoms with Gasteiger partial charge in [-0.05, 0) is 18.9 Å². The number of amides is 1. The third kappa shape index (κ3) is 3.77. The van der Waals surface area contributed by atoms with Gasteiger partial charge in [0.05, 0.1) is 5.56 Å². The normalized spacial score (nSPS) is 11.5. The highest BCUT2D eigenvalue weighted by molar-refractivity contribution is 7.91. The zero-order valence-corrected chi connectivity index (χ0v) is 11.9. The van der Waals surface area contributed by atoms with Crippen LogP contribution in [0.1, 0.15) is 22.3 Å². The summed E-state index contributed by atoms with van der Waals surface area (Å²) in [6.45, 7) is 2.61. The Morgan fingerprint density at radius 2 is 2.22 bits per heavy atom. The molecule has 18 heavy (non-hydrogen) atoms. The van der Waals surface area contributed by atoms with Gasteiger partial charge in [-0.1, -0.05) is 0 Å². The number of rotatable bonds is 6. The van der Waals surface area contributed by atoms with E-state index in [1.807, 2.05) is 0 Å². The van der Waals surface area contributed by atoms with E-state index in [9.17, 15) is 13.2 Å². The average molecular weight is 292 g/mol. The van der Waals surface area contributed by atoms with Crippen LogP contribution in [0.4, 0.5) is 0 Å². The minimum atomic E-state index is -3.76. The lowest BCUT2D eigenvalue weighted by atomic mass is 10.2. The summed E-state index contributed by atoms with van der Waals surface area (Å²) in [6.07, 6.45) is 0.702. The molecule has 0 aliphatic rings. The molecule has 1 aromatic heterocycles. The van der Waals surface area contributed by atoms with E-state index in [1.54, 1.807) is 14.0 Å². The van der Waals surface area contributed by atoms with Crippen LogP contribution in [0.2, 0.25) is 0 Å². The SMILES string of the molecule is COCCCNC(=O)c1csc(S(N)(=O)=O)c1C. The molecule has 0 aliphatic heterocycles. The van der Waals surface area contributed by atoms with Crippen molar-refractivity contribution in [3.05, 3.63) is 16.5 Å². The van der Waals surface area contributed by atoms with Gasteiger partial charge in [0.25, 0.3) is 5.91 Å². The second-order valence-electron chi connectivity index (χ2n) is 3.71. The van der Waals surface area contributed by atoms with Crippen LogP contribution in [-0.2, 0) is 14.8 Å². The molecule has 0 fully saturated rings. The molecule has 102 valence electrons. The molecule has 0 saturated heterocycles. The van der Waals surface area contributed by atoms with Crippen LogP contribution in [0.3, 0.4) is 0 Å². The molecule has 0 aromatic carbocycles. The van der Waals surface area contributed by atoms with Gasteiger partial charge < -0.3 is 10.1 Å². The standard InChI is InChI=1S/C10H16N2O4S2/c1-7-8(6-17-10(7)18(11,14)15)9(13)12-4-3-5-16-2/h6H,3-5H2,1-2H3,(H,12,13)(H2,11,14,15). The van der Waals surface area contributed by atoms with Gasteiger partial charge in [0, 0.05) is 25.6 Å². The summed E-state index contributed by atoms with van der Waals surface area (Å²) in [7, 11) is -2.17. The summed E-state index contributed by atoms with van der Waals surface area (Å²) in [5.41, 5.74) is 0.744. The van der Waals surface area contributed by atoms with E-state index in [0.717, 1.165) is 11.3 Å². The minimum absolute atomic E-state index is 0.0320. The van der Waals surface area contributed by atoms with Gasteiger partial charge in [0.15, 0.2) is 0 Å². The Morgan fingerprint density at radius 3 is 2.72 bits per heavy atom. The van der Waals surface area contributed by atoms with Crippen LogP contribution in [-0.4, -0.2) is 34.6 Å². The second-order valence-corrected chi connectivity index (χ2v) is 6.35. The number of hydrogen-bond acceptors (Lipinski definition) is 5. The third-order valence-electron chi connectivity index (χ3n) is 2.31. The fourth-order valence-electron chi connectivity index (χ4n) is 1.42. The lowest BCUT2D eigenvalue weighted by molar-refractivity contribution is 0.0948. The van der Waals surface area contributed by atoms with E-state index < -0.39 is 10.0 Å². The smallest absolute Gasteiger partial charge is 0.252 e. The maximum absolute atomic E-state index is 11.8. The number of hydrogen-bond donors (Lipinski definition) is 2. The van der Waals surface area contributed by atoms with E-state index in [2.05, 4.69) is 5.32 Å². The first-order valence-corrected chi connectivity index (χ1v) is 7.68. The van der Waals surface area contributed by atoms with Crippen LogP contribution in [0.25, 0.3) is 0 Å². The summed E-state index contributed by atoms with van der Waals surface area (Å²) in [6, 6.07) is 0. The maximum Gasteiger partial charge on any atom is 0.252 e. The Bertz CT molecular complexity index is 522. The molecule has 0 atom stereocenters. The number of carbonyl (C=O) groups is 1. The van der Waals surface area contributed by atoms with Crippen LogP contribution in [0.5, 0.6) is 0 Å². The van der Waals surface area contributed by atoms with Crippen molar-refractivity contribution in [2.45, 2.75) is 17.6 Å². The van der Waals surface area contributed by atoms with Crippen LogP contribution in [0.15, 0.2) is 9.59 Å². The molecule has 1 aromatic rings. The summed E-state index contributed by atoms with van der Waals surface area (Å²) < 4.78 is 27.3. The number of primary sulfonamides is 1. The van der Waals surface area contributed by atoms with E-state index >= 15 is 0 Å². The molecule has 6 nitrogen and oxygen atoms in total. The molecule has 0 unspecified atom stereocenters. The van der Waals surface area contributed by atoms with Crippen molar-refractivity contribution in [3.8, 4) is 0 Å². The Labute approximate surface area is 110 Å². The molecule has 1 amide bonds. The van der Waals surface area contributed by atoms with Gasteiger partial charge in [-0.25, -0.2) is 13.6 Å². The van der Waals surface area contributed by atoms with Crippen molar-refractivity contribution in [3.63, 3.8) is 0 Å². The molecule has 1 heterocycles. The molecule has 1 rings (SSSR count).